The Morgan fingerprint density at radius 3 is 2.50 bits per heavy atom. The molecule has 2 rings (SSSR count). The lowest BCUT2D eigenvalue weighted by Crippen LogP contribution is -2.11. The summed E-state index contributed by atoms with van der Waals surface area (Å²) in [4.78, 5) is 0. The van der Waals surface area contributed by atoms with Gasteiger partial charge in [0.1, 0.15) is 0 Å². The van der Waals surface area contributed by atoms with Gasteiger partial charge >= 0.3 is 0 Å². The van der Waals surface area contributed by atoms with E-state index in [1.165, 1.54) is 12.2 Å². The molecule has 66 valence electrons. The van der Waals surface area contributed by atoms with Gasteiger partial charge in [-0.15, -0.1) is 0 Å². The summed E-state index contributed by atoms with van der Waals surface area (Å²) in [6.45, 7) is 0. The van der Waals surface area contributed by atoms with Crippen LogP contribution in [0.3, 0.4) is 0 Å². The van der Waals surface area contributed by atoms with Crippen LogP contribution in [0.15, 0.2) is 23.8 Å². The summed E-state index contributed by atoms with van der Waals surface area (Å²) >= 11 is 0. The van der Waals surface area contributed by atoms with Crippen molar-refractivity contribution >= 4 is 0 Å². The topological polar surface area (TPSA) is 26.0 Å². The highest BCUT2D eigenvalue weighted by atomic mass is 19.2. The van der Waals surface area contributed by atoms with Gasteiger partial charge < -0.3 is 5.73 Å². The first-order chi connectivity index (χ1) is 5.68. The molecule has 0 aromatic rings. The Balaban J connectivity index is 2.05. The first-order valence-corrected chi connectivity index (χ1v) is 4.17. The molecule has 0 aromatic heterocycles. The van der Waals surface area contributed by atoms with Crippen LogP contribution in [-0.4, -0.2) is 6.04 Å². The van der Waals surface area contributed by atoms with E-state index in [0.29, 0.717) is 12.3 Å². The van der Waals surface area contributed by atoms with Crippen LogP contribution < -0.4 is 5.73 Å². The quantitative estimate of drug-likeness (QED) is 0.642. The second-order valence-corrected chi connectivity index (χ2v) is 3.53. The lowest BCUT2D eigenvalue weighted by molar-refractivity contribution is 0.475. The van der Waals surface area contributed by atoms with Crippen LogP contribution in [0.25, 0.3) is 0 Å². The van der Waals surface area contributed by atoms with E-state index in [0.717, 1.165) is 6.42 Å². The van der Waals surface area contributed by atoms with Crippen LogP contribution >= 0.6 is 0 Å². The van der Waals surface area contributed by atoms with E-state index in [9.17, 15) is 8.78 Å². The largest absolute Gasteiger partial charge is 0.327 e. The third-order valence-electron chi connectivity index (χ3n) is 2.60. The molecule has 2 aliphatic rings. The summed E-state index contributed by atoms with van der Waals surface area (Å²) in [6.07, 6.45) is 4.22. The molecule has 0 bridgehead atoms. The highest BCUT2D eigenvalue weighted by molar-refractivity contribution is 5.25. The molecule has 1 unspecified atom stereocenters. The van der Waals surface area contributed by atoms with Gasteiger partial charge in [0.05, 0.1) is 0 Å². The summed E-state index contributed by atoms with van der Waals surface area (Å²) in [5.41, 5.74) is 5.61. The zero-order chi connectivity index (χ0) is 8.72. The Bertz CT molecular complexity index is 257. The van der Waals surface area contributed by atoms with Crippen LogP contribution in [0, 0.1) is 11.8 Å². The van der Waals surface area contributed by atoms with Gasteiger partial charge in [0, 0.05) is 6.04 Å². The van der Waals surface area contributed by atoms with Crippen molar-refractivity contribution in [3.8, 4) is 0 Å². The zero-order valence-corrected chi connectivity index (χ0v) is 6.63. The van der Waals surface area contributed by atoms with E-state index in [-0.39, 0.29) is 12.0 Å². The van der Waals surface area contributed by atoms with Crippen molar-refractivity contribution in [1.29, 1.82) is 0 Å². The summed E-state index contributed by atoms with van der Waals surface area (Å²) < 4.78 is 25.2. The van der Waals surface area contributed by atoms with Gasteiger partial charge in [-0.3, -0.25) is 0 Å². The summed E-state index contributed by atoms with van der Waals surface area (Å²) in [6, 6.07) is 0.202. The van der Waals surface area contributed by atoms with Gasteiger partial charge in [0.15, 0.2) is 11.7 Å². The third-order valence-corrected chi connectivity index (χ3v) is 2.60. The fraction of sp³-hybridized carbons (Fsp3) is 0.556. The normalized spacial score (nSPS) is 40.4. The minimum atomic E-state index is -0.722. The minimum absolute atomic E-state index is 0.125. The van der Waals surface area contributed by atoms with E-state index >= 15 is 0 Å². The van der Waals surface area contributed by atoms with Crippen LogP contribution in [0.4, 0.5) is 8.78 Å². The number of halogens is 2. The van der Waals surface area contributed by atoms with Crippen LogP contribution in [0.1, 0.15) is 12.8 Å². The molecule has 0 saturated heterocycles. The van der Waals surface area contributed by atoms with E-state index in [2.05, 4.69) is 0 Å². The molecule has 1 saturated carbocycles. The lowest BCUT2D eigenvalue weighted by Gasteiger charge is -2.13. The SMILES string of the molecule is N[C@@H]1C[C@H]1C1C=C(F)C(F)=CC1. The molecule has 0 amide bonds. The summed E-state index contributed by atoms with van der Waals surface area (Å²) in [5, 5.41) is 0. The maximum Gasteiger partial charge on any atom is 0.154 e. The van der Waals surface area contributed by atoms with E-state index in [1.807, 2.05) is 0 Å². The average Bonchev–Trinajstić information content (AvgIpc) is 2.73. The molecule has 3 heteroatoms. The number of rotatable bonds is 1. The van der Waals surface area contributed by atoms with Gasteiger partial charge in [-0.25, -0.2) is 8.78 Å². The van der Waals surface area contributed by atoms with Crippen molar-refractivity contribution in [1.82, 2.24) is 0 Å². The third kappa shape index (κ3) is 1.29. The Morgan fingerprint density at radius 1 is 1.33 bits per heavy atom. The Labute approximate surface area is 69.9 Å². The van der Waals surface area contributed by atoms with Gasteiger partial charge in [-0.05, 0) is 36.8 Å². The van der Waals surface area contributed by atoms with Crippen molar-refractivity contribution in [2.24, 2.45) is 17.6 Å². The van der Waals surface area contributed by atoms with Gasteiger partial charge in [0.25, 0.3) is 0 Å². The fourth-order valence-electron chi connectivity index (χ4n) is 1.70. The summed E-state index contributed by atoms with van der Waals surface area (Å²) in [5.74, 6) is -0.939. The Morgan fingerprint density at radius 2 is 2.00 bits per heavy atom. The molecular formula is C9H11F2N. The molecule has 12 heavy (non-hydrogen) atoms. The number of allylic oxidation sites excluding steroid dienone is 4. The maximum atomic E-state index is 12.7. The number of nitrogens with two attached hydrogens (primary N) is 1. The fourth-order valence-corrected chi connectivity index (χ4v) is 1.70. The molecular weight excluding hydrogens is 160 g/mol. The predicted octanol–water partition coefficient (Wildman–Crippen LogP) is 2.06. The van der Waals surface area contributed by atoms with Crippen molar-refractivity contribution in [3.05, 3.63) is 23.8 Å². The molecule has 0 aliphatic heterocycles. The van der Waals surface area contributed by atoms with E-state index in [1.54, 1.807) is 0 Å². The average molecular weight is 171 g/mol. The highest BCUT2D eigenvalue weighted by Crippen LogP contribution is 2.41. The molecule has 0 radical (unpaired) electrons. The van der Waals surface area contributed by atoms with Crippen molar-refractivity contribution < 1.29 is 8.78 Å². The molecule has 0 spiro atoms. The molecule has 2 N–H and O–H groups in total. The summed E-state index contributed by atoms with van der Waals surface area (Å²) in [7, 11) is 0. The van der Waals surface area contributed by atoms with Crippen molar-refractivity contribution in [2.75, 3.05) is 0 Å². The molecule has 2 aliphatic carbocycles. The standard InChI is InChI=1S/C9H11F2N/c10-7-2-1-5(3-8(7)11)6-4-9(6)12/h2-3,5-6,9H,1,4,12H2/t5?,6-,9+/m0/s1. The minimum Gasteiger partial charge on any atom is -0.327 e. The van der Waals surface area contributed by atoms with Gasteiger partial charge in [-0.2, -0.15) is 0 Å². The van der Waals surface area contributed by atoms with Crippen LogP contribution in [0.5, 0.6) is 0 Å². The monoisotopic (exact) mass is 171 g/mol. The van der Waals surface area contributed by atoms with Crippen LogP contribution in [-0.2, 0) is 0 Å². The van der Waals surface area contributed by atoms with Crippen molar-refractivity contribution in [3.63, 3.8) is 0 Å². The first kappa shape index (κ1) is 7.92. The molecule has 1 nitrogen and oxygen atoms in total. The zero-order valence-electron chi connectivity index (χ0n) is 6.63. The van der Waals surface area contributed by atoms with Gasteiger partial charge in [-0.1, -0.05) is 0 Å². The lowest BCUT2D eigenvalue weighted by atomic mass is 9.94. The van der Waals surface area contributed by atoms with Crippen LogP contribution in [0.2, 0.25) is 0 Å². The maximum absolute atomic E-state index is 12.7. The van der Waals surface area contributed by atoms with Gasteiger partial charge in [0.2, 0.25) is 0 Å². The molecule has 0 heterocycles. The predicted molar refractivity (Wildman–Crippen MR) is 42.6 cm³/mol. The molecule has 1 fully saturated rings. The number of hydrogen-bond donors (Lipinski definition) is 1. The first-order valence-electron chi connectivity index (χ1n) is 4.17. The Kier molecular flexibility index (Phi) is 1.76. The van der Waals surface area contributed by atoms with E-state index < -0.39 is 11.7 Å². The highest BCUT2D eigenvalue weighted by Gasteiger charge is 2.39. The smallest absolute Gasteiger partial charge is 0.154 e. The Hall–Kier alpha value is -0.700. The molecule has 3 atom stereocenters. The number of hydrogen-bond acceptors (Lipinski definition) is 1. The second-order valence-electron chi connectivity index (χ2n) is 3.53. The van der Waals surface area contributed by atoms with Crippen molar-refractivity contribution in [2.45, 2.75) is 18.9 Å². The molecule has 0 aromatic carbocycles. The van der Waals surface area contributed by atoms with E-state index in [4.69, 9.17) is 5.73 Å². The second kappa shape index (κ2) is 2.66.